The van der Waals surface area contributed by atoms with Crippen LogP contribution in [-0.4, -0.2) is 23.9 Å². The van der Waals surface area contributed by atoms with Crippen LogP contribution in [-0.2, 0) is 4.79 Å². The molecule has 2 amide bonds. The van der Waals surface area contributed by atoms with E-state index in [2.05, 4.69) is 10.9 Å². The molecule has 0 fully saturated rings. The van der Waals surface area contributed by atoms with Crippen LogP contribution in [0.3, 0.4) is 0 Å². The number of hydrazine groups is 1. The number of hydrogen-bond donors (Lipinski definition) is 2. The molecule has 142 valence electrons. The Morgan fingerprint density at radius 3 is 2.21 bits per heavy atom. The number of aromatic carboxylic acids is 1. The zero-order valence-corrected chi connectivity index (χ0v) is 15.0. The topological polar surface area (TPSA) is 108 Å². The molecular formula is C21H17N2O5-. The average Bonchev–Trinajstić information content (AvgIpc) is 2.71. The summed E-state index contributed by atoms with van der Waals surface area (Å²) in [7, 11) is 0. The number of carbonyl (C=O) groups is 3. The lowest BCUT2D eigenvalue weighted by atomic mass is 10.1. The number of nitrogens with one attached hydrogen (secondary N) is 2. The Balaban J connectivity index is 1.61. The third kappa shape index (κ3) is 4.27. The standard InChI is InChI=1S/C21H18N2O5/c1-13(28-16-11-10-14-6-2-3-7-15(14)12-16)19(24)22-23-20(25)17-8-4-5-9-18(17)21(26)27/h2-13H,1H3,(H,22,24)(H,23,25)(H,26,27)/p-1/t13-/m1/s1. The number of ether oxygens (including phenoxy) is 1. The fraction of sp³-hybridized carbons (Fsp3) is 0.0952. The van der Waals surface area contributed by atoms with Gasteiger partial charge in [-0.05, 0) is 35.9 Å². The minimum Gasteiger partial charge on any atom is -0.545 e. The van der Waals surface area contributed by atoms with Gasteiger partial charge in [-0.15, -0.1) is 0 Å². The Bertz CT molecular complexity index is 1050. The van der Waals surface area contributed by atoms with Crippen LogP contribution in [0.2, 0.25) is 0 Å². The van der Waals surface area contributed by atoms with E-state index in [1.807, 2.05) is 36.4 Å². The van der Waals surface area contributed by atoms with Gasteiger partial charge in [-0.3, -0.25) is 20.4 Å². The molecule has 0 unspecified atom stereocenters. The van der Waals surface area contributed by atoms with E-state index in [0.29, 0.717) is 5.75 Å². The summed E-state index contributed by atoms with van der Waals surface area (Å²) in [6.07, 6.45) is -0.891. The highest BCUT2D eigenvalue weighted by Gasteiger charge is 2.17. The monoisotopic (exact) mass is 377 g/mol. The van der Waals surface area contributed by atoms with Crippen molar-refractivity contribution in [3.8, 4) is 5.75 Å². The number of benzene rings is 3. The zero-order chi connectivity index (χ0) is 20.1. The van der Waals surface area contributed by atoms with Gasteiger partial charge in [0.25, 0.3) is 11.8 Å². The molecule has 28 heavy (non-hydrogen) atoms. The summed E-state index contributed by atoms with van der Waals surface area (Å²) in [6.45, 7) is 1.53. The number of fused-ring (bicyclic) bond motifs is 1. The summed E-state index contributed by atoms with van der Waals surface area (Å²) in [5, 5.41) is 13.1. The summed E-state index contributed by atoms with van der Waals surface area (Å²) >= 11 is 0. The van der Waals surface area contributed by atoms with Gasteiger partial charge in [-0.2, -0.15) is 0 Å². The lowest BCUT2D eigenvalue weighted by Crippen LogP contribution is -2.47. The van der Waals surface area contributed by atoms with Crippen molar-refractivity contribution in [2.75, 3.05) is 0 Å². The van der Waals surface area contributed by atoms with Gasteiger partial charge in [0.1, 0.15) is 5.75 Å². The van der Waals surface area contributed by atoms with E-state index in [4.69, 9.17) is 4.74 Å². The predicted molar refractivity (Wildman–Crippen MR) is 100 cm³/mol. The number of carbonyl (C=O) groups excluding carboxylic acids is 3. The van der Waals surface area contributed by atoms with Crippen molar-refractivity contribution in [2.24, 2.45) is 0 Å². The minimum absolute atomic E-state index is 0.120. The number of hydrogen-bond acceptors (Lipinski definition) is 5. The SMILES string of the molecule is C[C@@H](Oc1ccc2ccccc2c1)C(=O)NNC(=O)c1ccccc1C(=O)[O-]. The average molecular weight is 377 g/mol. The molecular weight excluding hydrogens is 360 g/mol. The molecule has 0 bridgehead atoms. The molecule has 2 N–H and O–H groups in total. The molecule has 1 atom stereocenters. The second kappa shape index (κ2) is 8.22. The van der Waals surface area contributed by atoms with Crippen molar-refractivity contribution >= 4 is 28.6 Å². The second-order valence-electron chi connectivity index (χ2n) is 6.05. The lowest BCUT2D eigenvalue weighted by molar-refractivity contribution is -0.255. The highest BCUT2D eigenvalue weighted by atomic mass is 16.5. The first-order valence-corrected chi connectivity index (χ1v) is 8.52. The van der Waals surface area contributed by atoms with Gasteiger partial charge in [0.05, 0.1) is 11.5 Å². The molecule has 3 rings (SSSR count). The number of carboxylic acid groups (broad SMARTS) is 1. The third-order valence-corrected chi connectivity index (χ3v) is 4.09. The summed E-state index contributed by atoms with van der Waals surface area (Å²) in [5.74, 6) is -2.33. The molecule has 0 saturated carbocycles. The van der Waals surface area contributed by atoms with E-state index in [9.17, 15) is 19.5 Å². The van der Waals surface area contributed by atoms with Crippen molar-refractivity contribution in [1.82, 2.24) is 10.9 Å². The molecule has 0 spiro atoms. The predicted octanol–water partition coefficient (Wildman–Crippen LogP) is 1.43. The smallest absolute Gasteiger partial charge is 0.279 e. The quantitative estimate of drug-likeness (QED) is 0.654. The van der Waals surface area contributed by atoms with Crippen molar-refractivity contribution in [3.63, 3.8) is 0 Å². The molecule has 0 heterocycles. The van der Waals surface area contributed by atoms with Crippen molar-refractivity contribution < 1.29 is 24.2 Å². The maximum atomic E-state index is 12.2. The number of amides is 2. The maximum Gasteiger partial charge on any atom is 0.279 e. The Morgan fingerprint density at radius 1 is 0.857 bits per heavy atom. The Labute approximate surface area is 160 Å². The largest absolute Gasteiger partial charge is 0.545 e. The van der Waals surface area contributed by atoms with Gasteiger partial charge in [0.2, 0.25) is 0 Å². The van der Waals surface area contributed by atoms with Gasteiger partial charge in [0, 0.05) is 5.56 Å². The first-order valence-electron chi connectivity index (χ1n) is 8.52. The summed E-state index contributed by atoms with van der Waals surface area (Å²) < 4.78 is 5.62. The molecule has 0 radical (unpaired) electrons. The molecule has 3 aromatic carbocycles. The van der Waals surface area contributed by atoms with Gasteiger partial charge < -0.3 is 14.6 Å². The van der Waals surface area contributed by atoms with Gasteiger partial charge in [0.15, 0.2) is 6.10 Å². The van der Waals surface area contributed by atoms with Crippen LogP contribution in [0.25, 0.3) is 10.8 Å². The van der Waals surface area contributed by atoms with E-state index >= 15 is 0 Å². The van der Waals surface area contributed by atoms with Crippen LogP contribution in [0.1, 0.15) is 27.6 Å². The normalized spacial score (nSPS) is 11.5. The van der Waals surface area contributed by atoms with Crippen molar-refractivity contribution in [2.45, 2.75) is 13.0 Å². The van der Waals surface area contributed by atoms with E-state index in [1.54, 1.807) is 6.07 Å². The fourth-order valence-corrected chi connectivity index (χ4v) is 2.64. The van der Waals surface area contributed by atoms with E-state index in [-0.39, 0.29) is 11.1 Å². The van der Waals surface area contributed by atoms with Crippen LogP contribution in [0.5, 0.6) is 5.75 Å². The first kappa shape index (κ1) is 18.9. The zero-order valence-electron chi connectivity index (χ0n) is 15.0. The Morgan fingerprint density at radius 2 is 1.50 bits per heavy atom. The fourth-order valence-electron chi connectivity index (χ4n) is 2.64. The van der Waals surface area contributed by atoms with Crippen LogP contribution in [0, 0.1) is 0 Å². The molecule has 0 aliphatic carbocycles. The summed E-state index contributed by atoms with van der Waals surface area (Å²) in [6, 6.07) is 18.7. The van der Waals surface area contributed by atoms with Gasteiger partial charge in [-0.1, -0.05) is 48.5 Å². The number of carboxylic acids is 1. The summed E-state index contributed by atoms with van der Waals surface area (Å²) in [5.41, 5.74) is 4.02. The van der Waals surface area contributed by atoms with E-state index in [0.717, 1.165) is 10.8 Å². The maximum absolute atomic E-state index is 12.2. The highest BCUT2D eigenvalue weighted by Crippen LogP contribution is 2.21. The summed E-state index contributed by atoms with van der Waals surface area (Å²) in [4.78, 5) is 35.4. The van der Waals surface area contributed by atoms with Crippen LogP contribution in [0.15, 0.2) is 66.7 Å². The first-order chi connectivity index (χ1) is 13.5. The van der Waals surface area contributed by atoms with Crippen LogP contribution in [0.4, 0.5) is 0 Å². The molecule has 7 heteroatoms. The minimum atomic E-state index is -1.48. The lowest BCUT2D eigenvalue weighted by Gasteiger charge is -2.16. The molecule has 0 saturated heterocycles. The third-order valence-electron chi connectivity index (χ3n) is 4.09. The van der Waals surface area contributed by atoms with Crippen LogP contribution < -0.4 is 20.7 Å². The number of rotatable bonds is 5. The van der Waals surface area contributed by atoms with E-state index in [1.165, 1.54) is 31.2 Å². The molecule has 0 aliphatic rings. The Hall–Kier alpha value is -3.87. The van der Waals surface area contributed by atoms with Gasteiger partial charge in [-0.25, -0.2) is 0 Å². The van der Waals surface area contributed by atoms with Crippen LogP contribution >= 0.6 is 0 Å². The molecule has 0 aromatic heterocycles. The second-order valence-corrected chi connectivity index (χ2v) is 6.05. The van der Waals surface area contributed by atoms with Gasteiger partial charge >= 0.3 is 0 Å². The highest BCUT2D eigenvalue weighted by molar-refractivity contribution is 6.04. The Kier molecular flexibility index (Phi) is 5.55. The molecule has 3 aromatic rings. The van der Waals surface area contributed by atoms with Crippen molar-refractivity contribution in [3.05, 3.63) is 77.9 Å². The molecule has 0 aliphatic heterocycles. The van der Waals surface area contributed by atoms with E-state index < -0.39 is 23.9 Å². The molecule has 7 nitrogen and oxygen atoms in total. The van der Waals surface area contributed by atoms with Crippen molar-refractivity contribution in [1.29, 1.82) is 0 Å².